The third-order valence-corrected chi connectivity index (χ3v) is 9.94. The van der Waals surface area contributed by atoms with Gasteiger partial charge in [-0.05, 0) is 49.8 Å². The van der Waals surface area contributed by atoms with E-state index in [-0.39, 0.29) is 27.3 Å². The molecule has 0 saturated carbocycles. The van der Waals surface area contributed by atoms with Crippen LogP contribution in [0.1, 0.15) is 31.0 Å². The second-order valence-electron chi connectivity index (χ2n) is 10.0. The average Bonchev–Trinajstić information content (AvgIpc) is 3.54. The fourth-order valence-corrected chi connectivity index (χ4v) is 7.71. The molecule has 228 valence electrons. The van der Waals surface area contributed by atoms with E-state index in [0.29, 0.717) is 32.5 Å². The normalized spacial score (nSPS) is 15.2. The summed E-state index contributed by atoms with van der Waals surface area (Å²) >= 11 is 1.05. The quantitative estimate of drug-likeness (QED) is 0.148. The number of ether oxygens (including phenoxy) is 1. The Labute approximate surface area is 258 Å². The minimum atomic E-state index is -4.28. The molecule has 1 aliphatic heterocycles. The fraction of sp³-hybridized carbons (Fsp3) is 0.129. The van der Waals surface area contributed by atoms with Gasteiger partial charge >= 0.3 is 5.97 Å². The van der Waals surface area contributed by atoms with Crippen molar-refractivity contribution in [3.63, 3.8) is 0 Å². The van der Waals surface area contributed by atoms with Gasteiger partial charge in [-0.2, -0.15) is 0 Å². The van der Waals surface area contributed by atoms with E-state index >= 15 is 0 Å². The third kappa shape index (κ3) is 5.17. The maximum absolute atomic E-state index is 14.0. The van der Waals surface area contributed by atoms with Crippen LogP contribution < -0.4 is 14.9 Å². The largest absolute Gasteiger partial charge is 0.463 e. The number of fused-ring (bicyclic) bond motifs is 2. The Kier molecular flexibility index (Phi) is 7.54. The van der Waals surface area contributed by atoms with Crippen molar-refractivity contribution in [2.45, 2.75) is 24.8 Å². The van der Waals surface area contributed by atoms with Crippen LogP contribution >= 0.6 is 11.3 Å². The number of non-ortho nitro benzene ring substituents is 1. The van der Waals surface area contributed by atoms with Gasteiger partial charge in [0.15, 0.2) is 4.80 Å². The van der Waals surface area contributed by atoms with Crippen LogP contribution in [0.25, 0.3) is 17.0 Å². The lowest BCUT2D eigenvalue weighted by Crippen LogP contribution is -2.39. The zero-order chi connectivity index (χ0) is 32.0. The van der Waals surface area contributed by atoms with Crippen molar-refractivity contribution < 1.29 is 27.3 Å². The summed E-state index contributed by atoms with van der Waals surface area (Å²) in [5.41, 5.74) is 0.776. The van der Waals surface area contributed by atoms with E-state index < -0.39 is 38.3 Å². The van der Waals surface area contributed by atoms with Gasteiger partial charge < -0.3 is 4.74 Å². The molecule has 3 heterocycles. The highest BCUT2D eigenvalue weighted by Gasteiger charge is 2.33. The van der Waals surface area contributed by atoms with Crippen LogP contribution in [0.4, 0.5) is 10.1 Å². The lowest BCUT2D eigenvalue weighted by Gasteiger charge is -2.24. The number of thiazole rings is 1. The molecular formula is C31H23FN4O7S2. The average molecular weight is 647 g/mol. The molecule has 0 fully saturated rings. The van der Waals surface area contributed by atoms with E-state index in [2.05, 4.69) is 4.99 Å². The number of para-hydroxylation sites is 1. The standard InChI is InChI=1S/C31H23FN4O7S2/c1-3-43-30(38)27-18(2)33-31-35(28(27)19-11-13-21(32)14-12-19)29(37)26(44-31)15-20-17-34(25-10-5-4-9-24(20)25)45(41,42)23-8-6-7-22(16-23)36(39)40/h4-17,28H,3H2,1-2H3/b26-15-/t28-/m0/s1. The van der Waals surface area contributed by atoms with Crippen molar-refractivity contribution in [1.29, 1.82) is 0 Å². The Morgan fingerprint density at radius 3 is 2.58 bits per heavy atom. The zero-order valence-electron chi connectivity index (χ0n) is 23.7. The van der Waals surface area contributed by atoms with Crippen molar-refractivity contribution in [2.24, 2.45) is 4.99 Å². The number of nitrogens with zero attached hydrogens (tertiary/aromatic N) is 4. The first-order valence-corrected chi connectivity index (χ1v) is 15.8. The molecule has 0 radical (unpaired) electrons. The lowest BCUT2D eigenvalue weighted by molar-refractivity contribution is -0.385. The van der Waals surface area contributed by atoms with Gasteiger partial charge in [-0.15, -0.1) is 0 Å². The number of halogens is 1. The molecule has 0 saturated heterocycles. The molecule has 5 aromatic rings. The van der Waals surface area contributed by atoms with Crippen LogP contribution in [0, 0.1) is 15.9 Å². The first kappa shape index (κ1) is 29.8. The van der Waals surface area contributed by atoms with E-state index in [1.54, 1.807) is 38.1 Å². The van der Waals surface area contributed by atoms with E-state index in [4.69, 9.17) is 4.74 Å². The second-order valence-corrected chi connectivity index (χ2v) is 12.8. The number of aromatic nitrogens is 2. The number of allylic oxidation sites excluding steroid dienone is 1. The van der Waals surface area contributed by atoms with Gasteiger partial charge in [-0.3, -0.25) is 19.5 Å². The molecule has 45 heavy (non-hydrogen) atoms. The Bertz CT molecular complexity index is 2350. The number of hydrogen-bond acceptors (Lipinski definition) is 9. The molecule has 1 atom stereocenters. The third-order valence-electron chi connectivity index (χ3n) is 7.28. The Hall–Kier alpha value is -5.21. The van der Waals surface area contributed by atoms with Crippen LogP contribution in [-0.4, -0.2) is 34.5 Å². The number of benzene rings is 3. The van der Waals surface area contributed by atoms with Crippen LogP contribution in [0.3, 0.4) is 0 Å². The number of nitro benzene ring substituents is 1. The molecule has 0 unspecified atom stereocenters. The Morgan fingerprint density at radius 1 is 1.13 bits per heavy atom. The summed E-state index contributed by atoms with van der Waals surface area (Å²) in [5.74, 6) is -1.14. The van der Waals surface area contributed by atoms with Crippen LogP contribution in [0.2, 0.25) is 0 Å². The van der Waals surface area contributed by atoms with Gasteiger partial charge in [0.1, 0.15) is 5.82 Å². The highest BCUT2D eigenvalue weighted by molar-refractivity contribution is 7.90. The van der Waals surface area contributed by atoms with Crippen LogP contribution in [0.15, 0.2) is 105 Å². The number of esters is 1. The first-order chi connectivity index (χ1) is 21.5. The molecule has 0 bridgehead atoms. The highest BCUT2D eigenvalue weighted by atomic mass is 32.2. The molecule has 14 heteroatoms. The van der Waals surface area contributed by atoms with Gasteiger partial charge in [-0.1, -0.05) is 47.7 Å². The molecular weight excluding hydrogens is 623 g/mol. The number of carbonyl (C=O) groups is 1. The van der Waals surface area contributed by atoms with E-state index in [1.807, 2.05) is 0 Å². The first-order valence-electron chi connectivity index (χ1n) is 13.6. The number of nitro groups is 1. The van der Waals surface area contributed by atoms with Gasteiger partial charge in [0.05, 0.1) is 43.8 Å². The lowest BCUT2D eigenvalue weighted by atomic mass is 9.96. The van der Waals surface area contributed by atoms with E-state index in [9.17, 15) is 32.5 Å². The van der Waals surface area contributed by atoms with Crippen LogP contribution in [-0.2, 0) is 19.6 Å². The predicted octanol–water partition coefficient (Wildman–Crippen LogP) is 4.04. The summed E-state index contributed by atoms with van der Waals surface area (Å²) in [4.78, 5) is 42.2. The summed E-state index contributed by atoms with van der Waals surface area (Å²) in [5, 5.41) is 11.8. The molecule has 0 spiro atoms. The van der Waals surface area contributed by atoms with Crippen molar-refractivity contribution in [3.05, 3.63) is 137 Å². The fourth-order valence-electron chi connectivity index (χ4n) is 5.25. The number of carbonyl (C=O) groups excluding carboxylic acids is 1. The maximum atomic E-state index is 14.0. The summed E-state index contributed by atoms with van der Waals surface area (Å²) in [6.07, 6.45) is 2.89. The van der Waals surface area contributed by atoms with E-state index in [1.165, 1.54) is 59.3 Å². The summed E-state index contributed by atoms with van der Waals surface area (Å²) in [6.45, 7) is 3.39. The van der Waals surface area contributed by atoms with Crippen molar-refractivity contribution in [2.75, 3.05) is 6.61 Å². The number of rotatable bonds is 7. The molecule has 0 N–H and O–H groups in total. The molecule has 0 amide bonds. The topological polar surface area (TPSA) is 143 Å². The second kappa shape index (κ2) is 11.4. The van der Waals surface area contributed by atoms with Gasteiger partial charge in [-0.25, -0.2) is 26.6 Å². The van der Waals surface area contributed by atoms with Gasteiger partial charge in [0, 0.05) is 29.3 Å². The monoisotopic (exact) mass is 646 g/mol. The summed E-state index contributed by atoms with van der Waals surface area (Å²) < 4.78 is 49.1. The Balaban J connectivity index is 1.55. The van der Waals surface area contributed by atoms with Crippen molar-refractivity contribution in [3.8, 4) is 0 Å². The van der Waals surface area contributed by atoms with E-state index in [0.717, 1.165) is 21.4 Å². The van der Waals surface area contributed by atoms with Gasteiger partial charge in [0.25, 0.3) is 21.3 Å². The summed E-state index contributed by atoms with van der Waals surface area (Å²) in [7, 11) is -4.28. The smallest absolute Gasteiger partial charge is 0.338 e. The minimum Gasteiger partial charge on any atom is -0.463 e. The zero-order valence-corrected chi connectivity index (χ0v) is 25.3. The molecule has 3 aromatic carbocycles. The van der Waals surface area contributed by atoms with Crippen molar-refractivity contribution >= 4 is 50.0 Å². The summed E-state index contributed by atoms with van der Waals surface area (Å²) in [6, 6.07) is 15.9. The molecule has 6 rings (SSSR count). The molecule has 2 aromatic heterocycles. The van der Waals surface area contributed by atoms with Crippen LogP contribution in [0.5, 0.6) is 0 Å². The molecule has 11 nitrogen and oxygen atoms in total. The maximum Gasteiger partial charge on any atom is 0.338 e. The Morgan fingerprint density at radius 2 is 1.87 bits per heavy atom. The number of hydrogen-bond donors (Lipinski definition) is 0. The highest BCUT2D eigenvalue weighted by Crippen LogP contribution is 2.31. The molecule has 0 aliphatic carbocycles. The minimum absolute atomic E-state index is 0.0967. The van der Waals surface area contributed by atoms with Gasteiger partial charge in [0.2, 0.25) is 0 Å². The predicted molar refractivity (Wildman–Crippen MR) is 164 cm³/mol. The molecule has 1 aliphatic rings. The SMILES string of the molecule is CCOC(=O)C1=C(C)N=c2s/c(=C\c3cn(S(=O)(=O)c4cccc([N+](=O)[O-])c4)c4ccccc34)c(=O)n2[C@H]1c1ccc(F)cc1. The van der Waals surface area contributed by atoms with Crippen molar-refractivity contribution in [1.82, 2.24) is 8.54 Å².